The lowest BCUT2D eigenvalue weighted by Crippen LogP contribution is -2.07. The van der Waals surface area contributed by atoms with E-state index in [2.05, 4.69) is 13.8 Å². The summed E-state index contributed by atoms with van der Waals surface area (Å²) in [5.41, 5.74) is 0. The summed E-state index contributed by atoms with van der Waals surface area (Å²) in [5, 5.41) is 0. The van der Waals surface area contributed by atoms with Gasteiger partial charge in [0.05, 0.1) is 11.5 Å². The summed E-state index contributed by atoms with van der Waals surface area (Å²) in [6.07, 6.45) is 5.38. The van der Waals surface area contributed by atoms with Gasteiger partial charge in [0.25, 0.3) is 10.1 Å². The van der Waals surface area contributed by atoms with E-state index in [0.29, 0.717) is 0 Å². The van der Waals surface area contributed by atoms with Crippen molar-refractivity contribution in [2.45, 2.75) is 50.8 Å². The Hall–Kier alpha value is -0.870. The minimum Gasteiger partial charge on any atom is -0.266 e. The highest BCUT2D eigenvalue weighted by Gasteiger charge is 2.13. The number of rotatable bonds is 9. The highest BCUT2D eigenvalue weighted by atomic mass is 32.2. The van der Waals surface area contributed by atoms with Crippen LogP contribution in [0.1, 0.15) is 46.0 Å². The minimum absolute atomic E-state index is 0.231. The molecule has 3 nitrogen and oxygen atoms in total. The van der Waals surface area contributed by atoms with Crippen LogP contribution in [0.4, 0.5) is 0 Å². The second-order valence-electron chi connectivity index (χ2n) is 4.95. The molecular formula is C15H24O3S. The highest BCUT2D eigenvalue weighted by molar-refractivity contribution is 7.86. The van der Waals surface area contributed by atoms with Crippen LogP contribution in [-0.4, -0.2) is 15.0 Å². The number of hydrogen-bond acceptors (Lipinski definition) is 3. The fourth-order valence-corrected chi connectivity index (χ4v) is 2.76. The summed E-state index contributed by atoms with van der Waals surface area (Å²) in [6, 6.07) is 8.29. The van der Waals surface area contributed by atoms with E-state index >= 15 is 0 Å². The van der Waals surface area contributed by atoms with Gasteiger partial charge in [-0.1, -0.05) is 57.7 Å². The summed E-state index contributed by atoms with van der Waals surface area (Å²) < 4.78 is 28.6. The third-order valence-electron chi connectivity index (χ3n) is 3.31. The zero-order valence-electron chi connectivity index (χ0n) is 11.8. The molecule has 1 unspecified atom stereocenters. The summed E-state index contributed by atoms with van der Waals surface area (Å²) in [7, 11) is -3.57. The lowest BCUT2D eigenvalue weighted by atomic mass is 10.0. The number of hydrogen-bond donors (Lipinski definition) is 0. The maximum Gasteiger partial charge on any atom is 0.296 e. The summed E-state index contributed by atoms with van der Waals surface area (Å²) in [6.45, 7) is 4.72. The molecule has 0 spiro atoms. The molecule has 1 atom stereocenters. The molecule has 0 N–H and O–H groups in total. The fraction of sp³-hybridized carbons (Fsp3) is 0.600. The first kappa shape index (κ1) is 16.2. The zero-order valence-corrected chi connectivity index (χ0v) is 12.7. The topological polar surface area (TPSA) is 43.4 Å². The predicted octanol–water partition coefficient (Wildman–Crippen LogP) is 4.00. The van der Waals surface area contributed by atoms with E-state index in [0.717, 1.165) is 25.2 Å². The maximum atomic E-state index is 11.8. The van der Waals surface area contributed by atoms with Crippen LogP contribution in [0.15, 0.2) is 35.2 Å². The monoisotopic (exact) mass is 284 g/mol. The average molecular weight is 284 g/mol. The van der Waals surface area contributed by atoms with E-state index in [-0.39, 0.29) is 11.5 Å². The molecule has 0 amide bonds. The van der Waals surface area contributed by atoms with Gasteiger partial charge in [-0.15, -0.1) is 0 Å². The van der Waals surface area contributed by atoms with Crippen molar-refractivity contribution in [2.24, 2.45) is 5.92 Å². The van der Waals surface area contributed by atoms with Crippen molar-refractivity contribution in [1.82, 2.24) is 0 Å². The van der Waals surface area contributed by atoms with Crippen LogP contribution in [0.2, 0.25) is 0 Å². The van der Waals surface area contributed by atoms with Crippen molar-refractivity contribution in [2.75, 3.05) is 6.61 Å². The third kappa shape index (κ3) is 6.21. The Bertz CT molecular complexity index is 440. The maximum absolute atomic E-state index is 11.8. The Morgan fingerprint density at radius 1 is 1.11 bits per heavy atom. The van der Waals surface area contributed by atoms with Gasteiger partial charge >= 0.3 is 0 Å². The van der Waals surface area contributed by atoms with E-state index in [1.807, 2.05) is 0 Å². The van der Waals surface area contributed by atoms with Gasteiger partial charge in [0, 0.05) is 0 Å². The summed E-state index contributed by atoms with van der Waals surface area (Å²) in [5.74, 6) is 0.758. The van der Waals surface area contributed by atoms with Crippen molar-refractivity contribution in [3.63, 3.8) is 0 Å². The molecule has 1 rings (SSSR count). The third-order valence-corrected chi connectivity index (χ3v) is 4.64. The molecule has 1 aromatic carbocycles. The van der Waals surface area contributed by atoms with Gasteiger partial charge in [0.15, 0.2) is 0 Å². The molecule has 0 fully saturated rings. The van der Waals surface area contributed by atoms with E-state index in [9.17, 15) is 8.42 Å². The molecule has 0 aliphatic heterocycles. The molecule has 0 heterocycles. The van der Waals surface area contributed by atoms with Gasteiger partial charge in [-0.2, -0.15) is 8.42 Å². The van der Waals surface area contributed by atoms with E-state index < -0.39 is 10.1 Å². The van der Waals surface area contributed by atoms with Crippen LogP contribution in [0.25, 0.3) is 0 Å². The first-order valence-electron chi connectivity index (χ1n) is 7.00. The van der Waals surface area contributed by atoms with E-state index in [4.69, 9.17) is 4.18 Å². The summed E-state index contributed by atoms with van der Waals surface area (Å²) >= 11 is 0. The van der Waals surface area contributed by atoms with Gasteiger partial charge in [0.1, 0.15) is 0 Å². The number of benzene rings is 1. The first-order chi connectivity index (χ1) is 9.06. The van der Waals surface area contributed by atoms with Crippen molar-refractivity contribution in [1.29, 1.82) is 0 Å². The average Bonchev–Trinajstić information content (AvgIpc) is 2.43. The molecule has 0 saturated heterocycles. The standard InChI is InChI=1S/C15H24O3S/c1-3-14(2)10-6-5-9-13-18-19(16,17)15-11-7-4-8-12-15/h4,7-8,11-12,14H,3,5-6,9-10,13H2,1-2H3. The van der Waals surface area contributed by atoms with Crippen molar-refractivity contribution in [3.8, 4) is 0 Å². The first-order valence-corrected chi connectivity index (χ1v) is 8.41. The molecule has 0 aliphatic carbocycles. The Kier molecular flexibility index (Phi) is 7.10. The van der Waals surface area contributed by atoms with Crippen LogP contribution in [-0.2, 0) is 14.3 Å². The lowest BCUT2D eigenvalue weighted by Gasteiger charge is -2.08. The molecule has 0 aromatic heterocycles. The molecular weight excluding hydrogens is 260 g/mol. The van der Waals surface area contributed by atoms with Crippen LogP contribution < -0.4 is 0 Å². The van der Waals surface area contributed by atoms with Crippen molar-refractivity contribution < 1.29 is 12.6 Å². The highest BCUT2D eigenvalue weighted by Crippen LogP contribution is 2.14. The molecule has 0 radical (unpaired) electrons. The minimum atomic E-state index is -3.57. The fourth-order valence-electron chi connectivity index (χ4n) is 1.80. The Labute approximate surface area is 117 Å². The smallest absolute Gasteiger partial charge is 0.266 e. The van der Waals surface area contributed by atoms with Crippen LogP contribution in [0.3, 0.4) is 0 Å². The normalized spacial score (nSPS) is 13.4. The molecule has 0 bridgehead atoms. The van der Waals surface area contributed by atoms with Crippen LogP contribution >= 0.6 is 0 Å². The molecule has 1 aromatic rings. The molecule has 4 heteroatoms. The SMILES string of the molecule is CCC(C)CCCCCOS(=O)(=O)c1ccccc1. The Balaban J connectivity index is 2.22. The zero-order chi connectivity index (χ0) is 14.1. The van der Waals surface area contributed by atoms with Gasteiger partial charge in [-0.05, 0) is 24.5 Å². The van der Waals surface area contributed by atoms with Gasteiger partial charge < -0.3 is 0 Å². The second kappa shape index (κ2) is 8.33. The Morgan fingerprint density at radius 3 is 2.42 bits per heavy atom. The molecule has 108 valence electrons. The Morgan fingerprint density at radius 2 is 1.79 bits per heavy atom. The van der Waals surface area contributed by atoms with E-state index in [1.165, 1.54) is 12.8 Å². The quantitative estimate of drug-likeness (QED) is 0.508. The number of unbranched alkanes of at least 4 members (excludes halogenated alkanes) is 2. The van der Waals surface area contributed by atoms with Crippen molar-refractivity contribution >= 4 is 10.1 Å². The van der Waals surface area contributed by atoms with Crippen LogP contribution in [0, 0.1) is 5.92 Å². The molecule has 19 heavy (non-hydrogen) atoms. The largest absolute Gasteiger partial charge is 0.296 e. The van der Waals surface area contributed by atoms with Gasteiger partial charge in [-0.25, -0.2) is 0 Å². The van der Waals surface area contributed by atoms with E-state index in [1.54, 1.807) is 30.3 Å². The van der Waals surface area contributed by atoms with Gasteiger partial charge in [0.2, 0.25) is 0 Å². The molecule has 0 saturated carbocycles. The lowest BCUT2D eigenvalue weighted by molar-refractivity contribution is 0.304. The summed E-state index contributed by atoms with van der Waals surface area (Å²) in [4.78, 5) is 0.231. The van der Waals surface area contributed by atoms with Gasteiger partial charge in [-0.3, -0.25) is 4.18 Å². The molecule has 0 aliphatic rings. The second-order valence-corrected chi connectivity index (χ2v) is 6.57. The van der Waals surface area contributed by atoms with Crippen LogP contribution in [0.5, 0.6) is 0 Å². The van der Waals surface area contributed by atoms with Crippen molar-refractivity contribution in [3.05, 3.63) is 30.3 Å². The predicted molar refractivity (Wildman–Crippen MR) is 77.5 cm³/mol.